The molecule has 0 atom stereocenters. The van der Waals surface area contributed by atoms with Gasteiger partial charge >= 0.3 is 0 Å². The first-order valence-electron chi connectivity index (χ1n) is 8.57. The number of ether oxygens (including phenoxy) is 1. The highest BCUT2D eigenvalue weighted by atomic mass is 16.5. The summed E-state index contributed by atoms with van der Waals surface area (Å²) in [6.07, 6.45) is 1.01. The predicted octanol–water partition coefficient (Wildman–Crippen LogP) is 3.09. The van der Waals surface area contributed by atoms with E-state index in [2.05, 4.69) is 10.3 Å². The van der Waals surface area contributed by atoms with Crippen molar-refractivity contribution in [1.29, 1.82) is 0 Å². The number of carbonyl (C=O) groups is 1. The van der Waals surface area contributed by atoms with Crippen LogP contribution < -0.4 is 15.6 Å². The summed E-state index contributed by atoms with van der Waals surface area (Å²) in [5.74, 6) is 0.716. The van der Waals surface area contributed by atoms with E-state index in [0.29, 0.717) is 18.4 Å². The van der Waals surface area contributed by atoms with E-state index < -0.39 is 0 Å². The van der Waals surface area contributed by atoms with Crippen molar-refractivity contribution >= 4 is 16.8 Å². The van der Waals surface area contributed by atoms with Gasteiger partial charge in [-0.2, -0.15) is 0 Å². The summed E-state index contributed by atoms with van der Waals surface area (Å²) in [5, 5.41) is 3.79. The average Bonchev–Trinajstić information content (AvgIpc) is 2.65. The van der Waals surface area contributed by atoms with E-state index in [1.807, 2.05) is 55.5 Å². The van der Waals surface area contributed by atoms with Gasteiger partial charge in [0, 0.05) is 24.0 Å². The van der Waals surface area contributed by atoms with Gasteiger partial charge in [0.2, 0.25) is 5.91 Å². The second-order valence-electron chi connectivity index (χ2n) is 6.34. The van der Waals surface area contributed by atoms with E-state index >= 15 is 0 Å². The lowest BCUT2D eigenvalue weighted by molar-refractivity contribution is -0.121. The summed E-state index contributed by atoms with van der Waals surface area (Å²) in [5.41, 5.74) is 3.38. The minimum absolute atomic E-state index is 0.0791. The number of benzene rings is 2. The Labute approximate surface area is 152 Å². The molecule has 0 saturated carbocycles. The summed E-state index contributed by atoms with van der Waals surface area (Å²) in [6, 6.07) is 15.4. The third-order valence-corrected chi connectivity index (χ3v) is 4.35. The molecule has 0 aliphatic carbocycles. The first kappa shape index (κ1) is 17.7. The summed E-state index contributed by atoms with van der Waals surface area (Å²) in [6.45, 7) is 2.23. The third-order valence-electron chi connectivity index (χ3n) is 4.35. The van der Waals surface area contributed by atoms with Crippen LogP contribution in [0.1, 0.15) is 23.1 Å². The van der Waals surface area contributed by atoms with Gasteiger partial charge in [-0.15, -0.1) is 0 Å². The van der Waals surface area contributed by atoms with Crippen molar-refractivity contribution in [2.45, 2.75) is 26.3 Å². The third kappa shape index (κ3) is 4.30. The highest BCUT2D eigenvalue weighted by molar-refractivity contribution is 5.80. The number of nitrogens with one attached hydrogen (secondary N) is 2. The van der Waals surface area contributed by atoms with Gasteiger partial charge in [0.15, 0.2) is 0 Å². The highest BCUT2D eigenvalue weighted by Gasteiger charge is 2.07. The van der Waals surface area contributed by atoms with Crippen LogP contribution in [-0.4, -0.2) is 18.0 Å². The number of pyridine rings is 1. The van der Waals surface area contributed by atoms with Gasteiger partial charge in [-0.3, -0.25) is 9.59 Å². The molecule has 0 unspecified atom stereocenters. The molecule has 0 fully saturated rings. The first-order valence-corrected chi connectivity index (χ1v) is 8.57. The molecule has 0 saturated heterocycles. The Morgan fingerprint density at radius 1 is 1.12 bits per heavy atom. The summed E-state index contributed by atoms with van der Waals surface area (Å²) < 4.78 is 5.12. The fourth-order valence-electron chi connectivity index (χ4n) is 2.83. The molecule has 0 radical (unpaired) electrons. The Kier molecular flexibility index (Phi) is 5.37. The van der Waals surface area contributed by atoms with Gasteiger partial charge in [0.05, 0.1) is 7.11 Å². The molecule has 0 aliphatic rings. The monoisotopic (exact) mass is 350 g/mol. The summed E-state index contributed by atoms with van der Waals surface area (Å²) in [4.78, 5) is 27.1. The summed E-state index contributed by atoms with van der Waals surface area (Å²) >= 11 is 0. The van der Waals surface area contributed by atoms with Gasteiger partial charge in [-0.1, -0.05) is 23.8 Å². The number of aryl methyl sites for hydroxylation is 2. The number of fused-ring (bicyclic) bond motifs is 1. The molecule has 0 spiro atoms. The van der Waals surface area contributed by atoms with Crippen LogP contribution in [0.3, 0.4) is 0 Å². The molecule has 2 N–H and O–H groups in total. The quantitative estimate of drug-likeness (QED) is 0.718. The number of hydrogen-bond donors (Lipinski definition) is 2. The maximum atomic E-state index is 12.2. The molecule has 5 nitrogen and oxygen atoms in total. The SMILES string of the molecule is COc1ccc(CCC(=O)NCc2cc3cc(C)ccc3[nH]c2=O)cc1. The van der Waals surface area contributed by atoms with Gasteiger partial charge in [0.25, 0.3) is 5.56 Å². The van der Waals surface area contributed by atoms with E-state index in [4.69, 9.17) is 4.74 Å². The Morgan fingerprint density at radius 2 is 1.88 bits per heavy atom. The van der Waals surface area contributed by atoms with Crippen LogP contribution in [0.4, 0.5) is 0 Å². The lowest BCUT2D eigenvalue weighted by Gasteiger charge is -2.07. The van der Waals surface area contributed by atoms with Gasteiger partial charge in [-0.05, 0) is 54.6 Å². The molecule has 1 amide bonds. The number of H-pyrrole nitrogens is 1. The van der Waals surface area contributed by atoms with Crippen molar-refractivity contribution in [3.05, 3.63) is 75.6 Å². The molecule has 0 aliphatic heterocycles. The number of carbonyl (C=O) groups excluding carboxylic acids is 1. The van der Waals surface area contributed by atoms with Crippen LogP contribution in [0.2, 0.25) is 0 Å². The maximum Gasteiger partial charge on any atom is 0.253 e. The molecule has 2 aromatic carbocycles. The van der Waals surface area contributed by atoms with Crippen molar-refractivity contribution in [2.75, 3.05) is 7.11 Å². The van der Waals surface area contributed by atoms with Crippen molar-refractivity contribution in [3.8, 4) is 5.75 Å². The minimum atomic E-state index is -0.170. The molecular weight excluding hydrogens is 328 g/mol. The zero-order valence-corrected chi connectivity index (χ0v) is 15.0. The predicted molar refractivity (Wildman–Crippen MR) is 102 cm³/mol. The Bertz CT molecular complexity index is 975. The Balaban J connectivity index is 1.59. The Morgan fingerprint density at radius 3 is 2.62 bits per heavy atom. The normalized spacial score (nSPS) is 10.7. The van der Waals surface area contributed by atoms with E-state index in [0.717, 1.165) is 27.8 Å². The molecule has 134 valence electrons. The molecule has 5 heteroatoms. The molecule has 1 aromatic heterocycles. The van der Waals surface area contributed by atoms with Gasteiger partial charge in [-0.25, -0.2) is 0 Å². The minimum Gasteiger partial charge on any atom is -0.497 e. The van der Waals surface area contributed by atoms with Crippen LogP contribution in [0, 0.1) is 6.92 Å². The van der Waals surface area contributed by atoms with Crippen molar-refractivity contribution in [3.63, 3.8) is 0 Å². The lowest BCUT2D eigenvalue weighted by atomic mass is 10.1. The summed E-state index contributed by atoms with van der Waals surface area (Å²) in [7, 11) is 1.62. The molecule has 1 heterocycles. The van der Waals surface area contributed by atoms with Crippen LogP contribution in [0.25, 0.3) is 10.9 Å². The van der Waals surface area contributed by atoms with Gasteiger partial charge < -0.3 is 15.0 Å². The topological polar surface area (TPSA) is 71.2 Å². The zero-order valence-electron chi connectivity index (χ0n) is 15.0. The maximum absolute atomic E-state index is 12.2. The number of aromatic amines is 1. The van der Waals surface area contributed by atoms with E-state index in [9.17, 15) is 9.59 Å². The zero-order chi connectivity index (χ0) is 18.5. The highest BCUT2D eigenvalue weighted by Crippen LogP contribution is 2.14. The fraction of sp³-hybridized carbons (Fsp3) is 0.238. The van der Waals surface area contributed by atoms with Crippen LogP contribution in [-0.2, 0) is 17.8 Å². The average molecular weight is 350 g/mol. The second kappa shape index (κ2) is 7.87. The molecule has 3 aromatic rings. The second-order valence-corrected chi connectivity index (χ2v) is 6.34. The molecule has 3 rings (SSSR count). The van der Waals surface area contributed by atoms with E-state index in [1.165, 1.54) is 0 Å². The number of aromatic nitrogens is 1. The molecular formula is C21H22N2O3. The number of methoxy groups -OCH3 is 1. The van der Waals surface area contributed by atoms with Crippen LogP contribution in [0.5, 0.6) is 5.75 Å². The smallest absolute Gasteiger partial charge is 0.253 e. The standard InChI is InChI=1S/C21H22N2O3/c1-14-3-9-19-16(11-14)12-17(21(25)23-19)13-22-20(24)10-6-15-4-7-18(26-2)8-5-15/h3-5,7-9,11-12H,6,10,13H2,1-2H3,(H,22,24)(H,23,25). The van der Waals surface area contributed by atoms with Crippen molar-refractivity contribution < 1.29 is 9.53 Å². The van der Waals surface area contributed by atoms with Crippen molar-refractivity contribution in [2.24, 2.45) is 0 Å². The Hall–Kier alpha value is -3.08. The van der Waals surface area contributed by atoms with Crippen molar-refractivity contribution in [1.82, 2.24) is 10.3 Å². The lowest BCUT2D eigenvalue weighted by Crippen LogP contribution is -2.26. The van der Waals surface area contributed by atoms with Gasteiger partial charge in [0.1, 0.15) is 5.75 Å². The van der Waals surface area contributed by atoms with Crippen LogP contribution >= 0.6 is 0 Å². The fourth-order valence-corrected chi connectivity index (χ4v) is 2.83. The molecule has 0 bridgehead atoms. The number of hydrogen-bond acceptors (Lipinski definition) is 3. The number of rotatable bonds is 6. The van der Waals surface area contributed by atoms with E-state index in [1.54, 1.807) is 7.11 Å². The molecule has 26 heavy (non-hydrogen) atoms. The largest absolute Gasteiger partial charge is 0.497 e. The number of amides is 1. The van der Waals surface area contributed by atoms with Crippen LogP contribution in [0.15, 0.2) is 53.3 Å². The first-order chi connectivity index (χ1) is 12.5. The van der Waals surface area contributed by atoms with E-state index in [-0.39, 0.29) is 18.0 Å².